The van der Waals surface area contributed by atoms with Crippen molar-refractivity contribution in [2.45, 2.75) is 25.2 Å². The number of anilines is 1. The maximum atomic E-state index is 12.6. The summed E-state index contributed by atoms with van der Waals surface area (Å²) in [5, 5.41) is 21.9. The van der Waals surface area contributed by atoms with Crippen molar-refractivity contribution in [1.29, 1.82) is 5.26 Å². The van der Waals surface area contributed by atoms with Gasteiger partial charge in [0.15, 0.2) is 0 Å². The Balaban J connectivity index is 1.58. The minimum absolute atomic E-state index is 0.0646. The summed E-state index contributed by atoms with van der Waals surface area (Å²) < 4.78 is 46.9. The summed E-state index contributed by atoms with van der Waals surface area (Å²) in [4.78, 5) is 29.0. The zero-order chi connectivity index (χ0) is 25.3. The van der Waals surface area contributed by atoms with Crippen LogP contribution in [0.3, 0.4) is 0 Å². The van der Waals surface area contributed by atoms with Gasteiger partial charge in [0, 0.05) is 23.4 Å². The van der Waals surface area contributed by atoms with Crippen molar-refractivity contribution in [3.8, 4) is 34.7 Å². The lowest BCUT2D eigenvalue weighted by Crippen LogP contribution is -2.38. The zero-order valence-electron chi connectivity index (χ0n) is 17.7. The third-order valence-electron chi connectivity index (χ3n) is 5.19. The highest BCUT2D eigenvalue weighted by Gasteiger charge is 2.32. The second-order valence-corrected chi connectivity index (χ2v) is 7.62. The van der Waals surface area contributed by atoms with Crippen LogP contribution in [0, 0.1) is 11.3 Å². The lowest BCUT2D eigenvalue weighted by molar-refractivity contribution is -0.274. The van der Waals surface area contributed by atoms with Gasteiger partial charge >= 0.3 is 12.3 Å². The molecule has 0 saturated carbocycles. The van der Waals surface area contributed by atoms with Crippen LogP contribution in [0.25, 0.3) is 22.8 Å². The molecule has 0 aliphatic carbocycles. The second kappa shape index (κ2) is 9.07. The zero-order valence-corrected chi connectivity index (χ0v) is 17.7. The van der Waals surface area contributed by atoms with Gasteiger partial charge in [0.05, 0.1) is 18.1 Å². The van der Waals surface area contributed by atoms with E-state index in [0.29, 0.717) is 24.2 Å². The van der Waals surface area contributed by atoms with Crippen LogP contribution in [0.2, 0.25) is 0 Å². The van der Waals surface area contributed by atoms with Gasteiger partial charge in [0.2, 0.25) is 11.7 Å². The number of halogens is 3. The van der Waals surface area contributed by atoms with Gasteiger partial charge in [-0.2, -0.15) is 10.2 Å². The highest BCUT2D eigenvalue weighted by Crippen LogP contribution is 2.34. The van der Waals surface area contributed by atoms with Gasteiger partial charge in [-0.05, 0) is 48.4 Å². The summed E-state index contributed by atoms with van der Waals surface area (Å²) in [5.74, 6) is -2.26. The molecule has 0 saturated heterocycles. The minimum atomic E-state index is -4.94. The Kier molecular flexibility index (Phi) is 6.14. The molecule has 10 nitrogen and oxygen atoms in total. The number of aliphatic carboxylic acids is 1. The first-order valence-electron chi connectivity index (χ1n) is 10.1. The number of nitriles is 1. The molecule has 0 spiro atoms. The quantitative estimate of drug-likeness (QED) is 0.534. The van der Waals surface area contributed by atoms with E-state index in [9.17, 15) is 22.8 Å². The predicted molar refractivity (Wildman–Crippen MR) is 113 cm³/mol. The molecule has 1 atom stereocenters. The summed E-state index contributed by atoms with van der Waals surface area (Å²) in [7, 11) is 0. The summed E-state index contributed by atoms with van der Waals surface area (Å²) in [6, 6.07) is 8.72. The van der Waals surface area contributed by atoms with Crippen LogP contribution < -0.4 is 15.4 Å². The molecule has 0 fully saturated rings. The summed E-state index contributed by atoms with van der Waals surface area (Å²) in [6.45, 7) is 0.352. The van der Waals surface area contributed by atoms with Crippen LogP contribution in [0.1, 0.15) is 17.5 Å². The van der Waals surface area contributed by atoms with E-state index >= 15 is 0 Å². The first-order chi connectivity index (χ1) is 16.5. The molecule has 1 unspecified atom stereocenters. The van der Waals surface area contributed by atoms with Gasteiger partial charge in [-0.3, -0.25) is 9.59 Å². The van der Waals surface area contributed by atoms with E-state index in [2.05, 4.69) is 14.9 Å². The van der Waals surface area contributed by atoms with Gasteiger partial charge in [0.25, 0.3) is 5.89 Å². The number of ether oxygens (including phenoxy) is 1. The fourth-order valence-electron chi connectivity index (χ4n) is 3.62. The molecule has 0 radical (unpaired) electrons. The average Bonchev–Trinajstić information content (AvgIpc) is 3.44. The number of carbonyl (C=O) groups is 2. The van der Waals surface area contributed by atoms with Crippen LogP contribution in [0.15, 0.2) is 40.9 Å². The molecule has 180 valence electrons. The number of aromatic nitrogens is 2. The highest BCUT2D eigenvalue weighted by atomic mass is 19.4. The number of carboxylic acids is 1. The average molecular weight is 487 g/mol. The Morgan fingerprint density at radius 3 is 2.71 bits per heavy atom. The fourth-order valence-corrected chi connectivity index (χ4v) is 3.62. The molecule has 1 aliphatic rings. The summed E-state index contributed by atoms with van der Waals surface area (Å²) in [6.07, 6.45) is -4.78. The van der Waals surface area contributed by atoms with Crippen molar-refractivity contribution in [2.24, 2.45) is 5.73 Å². The molecule has 4 rings (SSSR count). The van der Waals surface area contributed by atoms with Gasteiger partial charge < -0.3 is 25.0 Å². The standard InChI is InChI=1S/C22H16F3N5O5/c23-22(24,25)34-15-6-11(10-26)5-14(8-15)20-28-19(29-35-20)13-1-2-17-12(7-13)3-4-30(17)18(31)9-16(27)21(32)33/h1-2,5-8,16H,3-4,9,27H2,(H,32,33). The molecule has 1 amide bonds. The van der Waals surface area contributed by atoms with E-state index in [0.717, 1.165) is 17.7 Å². The molecule has 2 aromatic carbocycles. The Labute approximate surface area is 195 Å². The molecular formula is C22H16F3N5O5. The molecule has 1 aliphatic heterocycles. The molecule has 3 N–H and O–H groups in total. The van der Waals surface area contributed by atoms with Crippen LogP contribution in [0.4, 0.5) is 18.9 Å². The number of nitrogens with two attached hydrogens (primary N) is 1. The molecular weight excluding hydrogens is 471 g/mol. The van der Waals surface area contributed by atoms with Crippen molar-refractivity contribution in [3.63, 3.8) is 0 Å². The van der Waals surface area contributed by atoms with Crippen molar-refractivity contribution < 1.29 is 37.1 Å². The van der Waals surface area contributed by atoms with E-state index in [-0.39, 0.29) is 29.3 Å². The number of amides is 1. The number of hydrogen-bond acceptors (Lipinski definition) is 8. The van der Waals surface area contributed by atoms with E-state index in [1.807, 2.05) is 0 Å². The molecule has 35 heavy (non-hydrogen) atoms. The van der Waals surface area contributed by atoms with E-state index < -0.39 is 30.0 Å². The van der Waals surface area contributed by atoms with Gasteiger partial charge in [-0.15, -0.1) is 13.2 Å². The lowest BCUT2D eigenvalue weighted by Gasteiger charge is -2.18. The number of benzene rings is 2. The minimum Gasteiger partial charge on any atom is -0.480 e. The normalized spacial score (nSPS) is 13.7. The number of rotatable bonds is 6. The van der Waals surface area contributed by atoms with Crippen LogP contribution in [-0.4, -0.2) is 46.1 Å². The first kappa shape index (κ1) is 23.7. The van der Waals surface area contributed by atoms with Crippen molar-refractivity contribution >= 4 is 17.6 Å². The Morgan fingerprint density at radius 2 is 2.03 bits per heavy atom. The van der Waals surface area contributed by atoms with Gasteiger partial charge in [-0.25, -0.2) is 0 Å². The third-order valence-corrected chi connectivity index (χ3v) is 5.19. The highest BCUT2D eigenvalue weighted by molar-refractivity contribution is 5.98. The first-order valence-corrected chi connectivity index (χ1v) is 10.1. The van der Waals surface area contributed by atoms with Gasteiger partial charge in [-0.1, -0.05) is 5.16 Å². The molecule has 2 heterocycles. The van der Waals surface area contributed by atoms with E-state index in [1.54, 1.807) is 24.3 Å². The predicted octanol–water partition coefficient (Wildman–Crippen LogP) is 2.86. The molecule has 3 aromatic rings. The summed E-state index contributed by atoms with van der Waals surface area (Å²) in [5.41, 5.74) is 7.35. The van der Waals surface area contributed by atoms with E-state index in [1.165, 1.54) is 11.0 Å². The lowest BCUT2D eigenvalue weighted by atomic mass is 10.1. The number of fused-ring (bicyclic) bond motifs is 1. The fraction of sp³-hybridized carbons (Fsp3) is 0.227. The van der Waals surface area contributed by atoms with Crippen LogP contribution in [0.5, 0.6) is 5.75 Å². The monoisotopic (exact) mass is 487 g/mol. The second-order valence-electron chi connectivity index (χ2n) is 7.62. The molecule has 13 heteroatoms. The number of hydrogen-bond donors (Lipinski definition) is 2. The maximum absolute atomic E-state index is 12.6. The van der Waals surface area contributed by atoms with Gasteiger partial charge in [0.1, 0.15) is 11.8 Å². The van der Waals surface area contributed by atoms with Crippen molar-refractivity contribution in [3.05, 3.63) is 47.5 Å². The smallest absolute Gasteiger partial charge is 0.480 e. The van der Waals surface area contributed by atoms with Crippen molar-refractivity contribution in [1.82, 2.24) is 10.1 Å². The topological polar surface area (TPSA) is 156 Å². The number of carboxylic acid groups (broad SMARTS) is 1. The number of carbonyl (C=O) groups excluding carboxylic acids is 1. The SMILES string of the molecule is N#Cc1cc(OC(F)(F)F)cc(-c2nc(-c3ccc4c(c3)CCN4C(=O)CC(N)C(=O)O)no2)c1. The Hall–Kier alpha value is -4.44. The van der Waals surface area contributed by atoms with Crippen molar-refractivity contribution in [2.75, 3.05) is 11.4 Å². The Morgan fingerprint density at radius 1 is 1.26 bits per heavy atom. The number of alkyl halides is 3. The number of nitrogens with zero attached hydrogens (tertiary/aromatic N) is 4. The Bertz CT molecular complexity index is 1350. The van der Waals surface area contributed by atoms with Crippen LogP contribution >= 0.6 is 0 Å². The third kappa shape index (κ3) is 5.22. The maximum Gasteiger partial charge on any atom is 0.573 e. The molecule has 0 bridgehead atoms. The van der Waals surface area contributed by atoms with E-state index in [4.69, 9.17) is 20.6 Å². The van der Waals surface area contributed by atoms with Crippen LogP contribution in [-0.2, 0) is 16.0 Å². The summed E-state index contributed by atoms with van der Waals surface area (Å²) >= 11 is 0. The molecule has 1 aromatic heterocycles. The largest absolute Gasteiger partial charge is 0.573 e.